The molecule has 3 amide bonds. The lowest BCUT2D eigenvalue weighted by Crippen LogP contribution is -2.34. The van der Waals surface area contributed by atoms with Crippen LogP contribution in [0.1, 0.15) is 0 Å². The molecule has 52 valence electrons. The zero-order chi connectivity index (χ0) is 7.28. The molecule has 0 rings (SSSR count). The Morgan fingerprint density at radius 3 is 2.33 bits per heavy atom. The van der Waals surface area contributed by atoms with E-state index in [4.69, 9.17) is 0 Å². The van der Waals surface area contributed by atoms with Crippen LogP contribution in [0.3, 0.4) is 0 Å². The minimum absolute atomic E-state index is 0.352. The quantitative estimate of drug-likeness (QED) is 0.522. The Morgan fingerprint density at radius 1 is 1.44 bits per heavy atom. The summed E-state index contributed by atoms with van der Waals surface area (Å²) >= 11 is 0.958. The van der Waals surface area contributed by atoms with E-state index in [-0.39, 0.29) is 5.24 Å². The molecule has 0 aliphatic carbocycles. The van der Waals surface area contributed by atoms with E-state index in [1.807, 2.05) is 0 Å². The molecule has 0 aromatic heterocycles. The predicted molar refractivity (Wildman–Crippen MR) is 36.5 cm³/mol. The van der Waals surface area contributed by atoms with Gasteiger partial charge in [-0.25, -0.2) is 4.79 Å². The van der Waals surface area contributed by atoms with Gasteiger partial charge in [-0.05, 0) is 6.26 Å². The SMILES string of the molecule is CNC(=O)NC(=O)SC. The summed E-state index contributed by atoms with van der Waals surface area (Å²) in [6.07, 6.45) is 1.60. The van der Waals surface area contributed by atoms with Crippen LogP contribution in [0.4, 0.5) is 9.59 Å². The summed E-state index contributed by atoms with van der Waals surface area (Å²) in [6.45, 7) is 0. The number of hydrogen-bond donors (Lipinski definition) is 2. The molecule has 0 saturated carbocycles. The van der Waals surface area contributed by atoms with Gasteiger partial charge in [-0.1, -0.05) is 11.8 Å². The van der Waals surface area contributed by atoms with Gasteiger partial charge >= 0.3 is 6.03 Å². The van der Waals surface area contributed by atoms with Gasteiger partial charge in [-0.15, -0.1) is 0 Å². The highest BCUT2D eigenvalue weighted by atomic mass is 32.2. The second-order valence-electron chi connectivity index (χ2n) is 1.20. The van der Waals surface area contributed by atoms with Crippen molar-refractivity contribution < 1.29 is 9.59 Å². The van der Waals surface area contributed by atoms with Crippen LogP contribution in [0.25, 0.3) is 0 Å². The van der Waals surface area contributed by atoms with Crippen molar-refractivity contribution in [1.82, 2.24) is 10.6 Å². The molecule has 0 saturated heterocycles. The summed E-state index contributed by atoms with van der Waals surface area (Å²) in [5.41, 5.74) is 0. The Kier molecular flexibility index (Phi) is 3.87. The lowest BCUT2D eigenvalue weighted by atomic mass is 10.9. The van der Waals surface area contributed by atoms with Crippen LogP contribution in [-0.2, 0) is 0 Å². The first-order valence-corrected chi connectivity index (χ1v) is 3.50. The summed E-state index contributed by atoms with van der Waals surface area (Å²) in [6, 6.07) is -0.477. The number of thioether (sulfide) groups is 1. The van der Waals surface area contributed by atoms with Crippen LogP contribution >= 0.6 is 11.8 Å². The molecule has 2 N–H and O–H groups in total. The van der Waals surface area contributed by atoms with E-state index in [1.165, 1.54) is 7.05 Å². The third-order valence-corrected chi connectivity index (χ3v) is 1.10. The van der Waals surface area contributed by atoms with Gasteiger partial charge in [0.15, 0.2) is 0 Å². The molecular weight excluding hydrogens is 140 g/mol. The number of carbonyl (C=O) groups excluding carboxylic acids is 2. The number of nitrogens with one attached hydrogen (secondary N) is 2. The Morgan fingerprint density at radius 2 is 2.00 bits per heavy atom. The number of hydrogen-bond acceptors (Lipinski definition) is 3. The van der Waals surface area contributed by atoms with E-state index in [2.05, 4.69) is 10.6 Å². The van der Waals surface area contributed by atoms with Gasteiger partial charge in [0.2, 0.25) is 0 Å². The average Bonchev–Trinajstić information content (AvgIpc) is 1.87. The maximum Gasteiger partial charge on any atom is 0.321 e. The smallest absolute Gasteiger partial charge is 0.321 e. The lowest BCUT2D eigenvalue weighted by molar-refractivity contribution is 0.238. The highest BCUT2D eigenvalue weighted by Gasteiger charge is 2.00. The van der Waals surface area contributed by atoms with Crippen molar-refractivity contribution in [3.8, 4) is 0 Å². The third-order valence-electron chi connectivity index (χ3n) is 0.628. The predicted octanol–water partition coefficient (Wildman–Crippen LogP) is 0.398. The van der Waals surface area contributed by atoms with Crippen molar-refractivity contribution in [3.05, 3.63) is 0 Å². The van der Waals surface area contributed by atoms with E-state index in [0.29, 0.717) is 0 Å². The van der Waals surface area contributed by atoms with Crippen molar-refractivity contribution in [2.45, 2.75) is 0 Å². The van der Waals surface area contributed by atoms with E-state index in [1.54, 1.807) is 6.26 Å². The molecule has 0 aromatic carbocycles. The number of amides is 3. The zero-order valence-corrected chi connectivity index (χ0v) is 6.04. The van der Waals surface area contributed by atoms with Crippen LogP contribution in [-0.4, -0.2) is 24.6 Å². The molecule has 0 spiro atoms. The third kappa shape index (κ3) is 3.84. The van der Waals surface area contributed by atoms with Crippen LogP contribution in [0.15, 0.2) is 0 Å². The van der Waals surface area contributed by atoms with Gasteiger partial charge in [0, 0.05) is 7.05 Å². The molecule has 0 bridgehead atoms. The standard InChI is InChI=1S/C4H8N2O2S/c1-5-3(7)6-4(8)9-2/h1-2H3,(H2,5,6,7,8). The fourth-order valence-electron chi connectivity index (χ4n) is 0.206. The fourth-order valence-corrected chi connectivity index (χ4v) is 0.401. The van der Waals surface area contributed by atoms with Gasteiger partial charge in [0.25, 0.3) is 5.24 Å². The molecule has 0 fully saturated rings. The molecule has 0 aliphatic rings. The van der Waals surface area contributed by atoms with Gasteiger partial charge in [-0.2, -0.15) is 0 Å². The monoisotopic (exact) mass is 148 g/mol. The Labute approximate surface area is 57.4 Å². The molecule has 0 aliphatic heterocycles. The Hall–Kier alpha value is -0.710. The first-order chi connectivity index (χ1) is 4.20. The van der Waals surface area contributed by atoms with Crippen molar-refractivity contribution >= 4 is 23.0 Å². The molecule has 9 heavy (non-hydrogen) atoms. The molecule has 0 radical (unpaired) electrons. The normalized spacial score (nSPS) is 8.22. The molecule has 4 nitrogen and oxygen atoms in total. The van der Waals surface area contributed by atoms with E-state index < -0.39 is 6.03 Å². The minimum atomic E-state index is -0.477. The first kappa shape index (κ1) is 8.29. The largest absolute Gasteiger partial charge is 0.341 e. The van der Waals surface area contributed by atoms with Crippen LogP contribution < -0.4 is 10.6 Å². The van der Waals surface area contributed by atoms with E-state index in [9.17, 15) is 9.59 Å². The van der Waals surface area contributed by atoms with E-state index in [0.717, 1.165) is 11.8 Å². The van der Waals surface area contributed by atoms with E-state index >= 15 is 0 Å². The zero-order valence-electron chi connectivity index (χ0n) is 5.22. The van der Waals surface area contributed by atoms with Crippen molar-refractivity contribution in [2.24, 2.45) is 0 Å². The van der Waals surface area contributed by atoms with Gasteiger partial charge in [0.05, 0.1) is 0 Å². The maximum absolute atomic E-state index is 10.4. The average molecular weight is 148 g/mol. The Bertz CT molecular complexity index is 112. The first-order valence-electron chi connectivity index (χ1n) is 2.27. The lowest BCUT2D eigenvalue weighted by Gasteiger charge is -1.97. The topological polar surface area (TPSA) is 58.2 Å². The number of carbonyl (C=O) groups is 2. The highest BCUT2D eigenvalue weighted by molar-refractivity contribution is 8.13. The number of urea groups is 1. The van der Waals surface area contributed by atoms with Crippen LogP contribution in [0.5, 0.6) is 0 Å². The van der Waals surface area contributed by atoms with Crippen molar-refractivity contribution in [1.29, 1.82) is 0 Å². The van der Waals surface area contributed by atoms with Crippen molar-refractivity contribution in [3.63, 3.8) is 0 Å². The minimum Gasteiger partial charge on any atom is -0.341 e. The van der Waals surface area contributed by atoms with Gasteiger partial charge < -0.3 is 5.32 Å². The molecule has 0 heterocycles. The summed E-state index contributed by atoms with van der Waals surface area (Å²) in [7, 11) is 1.45. The summed E-state index contributed by atoms with van der Waals surface area (Å²) in [5, 5.41) is 3.95. The Balaban J connectivity index is 3.47. The molecule has 0 aromatic rings. The summed E-state index contributed by atoms with van der Waals surface area (Å²) in [4.78, 5) is 20.7. The van der Waals surface area contributed by atoms with Gasteiger partial charge in [-0.3, -0.25) is 10.1 Å². The molecule has 0 atom stereocenters. The number of imide groups is 1. The summed E-state index contributed by atoms with van der Waals surface area (Å²) in [5.74, 6) is 0. The molecular formula is C4H8N2O2S. The highest BCUT2D eigenvalue weighted by Crippen LogP contribution is 1.90. The number of rotatable bonds is 0. The van der Waals surface area contributed by atoms with Crippen molar-refractivity contribution in [2.75, 3.05) is 13.3 Å². The second-order valence-corrected chi connectivity index (χ2v) is 1.97. The van der Waals surface area contributed by atoms with Crippen LogP contribution in [0, 0.1) is 0 Å². The van der Waals surface area contributed by atoms with Crippen LogP contribution in [0.2, 0.25) is 0 Å². The second kappa shape index (κ2) is 4.20. The fraction of sp³-hybridized carbons (Fsp3) is 0.500. The van der Waals surface area contributed by atoms with Gasteiger partial charge in [0.1, 0.15) is 0 Å². The molecule has 0 unspecified atom stereocenters. The molecule has 5 heteroatoms. The summed E-state index contributed by atoms with van der Waals surface area (Å²) < 4.78 is 0. The maximum atomic E-state index is 10.4.